The van der Waals surface area contributed by atoms with Crippen LogP contribution in [-0.2, 0) is 6.42 Å². The Morgan fingerprint density at radius 1 is 0.562 bits per heavy atom. The summed E-state index contributed by atoms with van der Waals surface area (Å²) in [6, 6.07) is 32.1. The van der Waals surface area contributed by atoms with Crippen LogP contribution in [0.5, 0.6) is 0 Å². The molecule has 0 aliphatic carbocycles. The van der Waals surface area contributed by atoms with E-state index < -0.39 is 0 Å². The largest absolute Gasteiger partial charge is 0.455 e. The van der Waals surface area contributed by atoms with Gasteiger partial charge in [0.05, 0.1) is 5.39 Å². The summed E-state index contributed by atoms with van der Waals surface area (Å²) < 4.78 is 12.8. The van der Waals surface area contributed by atoms with Crippen molar-refractivity contribution in [2.75, 3.05) is 0 Å². The molecule has 0 aliphatic heterocycles. The highest BCUT2D eigenvalue weighted by Crippen LogP contribution is 2.41. The van der Waals surface area contributed by atoms with Gasteiger partial charge in [-0.25, -0.2) is 0 Å². The number of rotatable bonds is 2. The number of hydrogen-bond donors (Lipinski definition) is 0. The molecular weight excluding hydrogens is 392 g/mol. The highest BCUT2D eigenvalue weighted by atomic mass is 16.3. The van der Waals surface area contributed by atoms with Gasteiger partial charge in [-0.1, -0.05) is 67.6 Å². The van der Waals surface area contributed by atoms with Crippen LogP contribution in [0.1, 0.15) is 12.5 Å². The van der Waals surface area contributed by atoms with Gasteiger partial charge in [0.25, 0.3) is 0 Å². The molecular formula is C30H20O2. The van der Waals surface area contributed by atoms with Crippen LogP contribution in [-0.4, -0.2) is 0 Å². The zero-order valence-electron chi connectivity index (χ0n) is 17.7. The molecule has 5 aromatic carbocycles. The molecule has 0 amide bonds. The quantitative estimate of drug-likeness (QED) is 0.283. The summed E-state index contributed by atoms with van der Waals surface area (Å²) in [5, 5.41) is 6.67. The lowest BCUT2D eigenvalue weighted by molar-refractivity contribution is 0.663. The molecule has 0 atom stereocenters. The molecule has 0 saturated heterocycles. The van der Waals surface area contributed by atoms with E-state index in [1.807, 2.05) is 12.1 Å². The fourth-order valence-corrected chi connectivity index (χ4v) is 4.93. The van der Waals surface area contributed by atoms with Gasteiger partial charge >= 0.3 is 0 Å². The minimum atomic E-state index is 0.889. The first-order valence-corrected chi connectivity index (χ1v) is 11.1. The Morgan fingerprint density at radius 3 is 1.97 bits per heavy atom. The molecule has 2 nitrogen and oxygen atoms in total. The SMILES string of the molecule is CCc1ccc(-c2ccc3oc4c(ccc5ccc6c7ccccc7oc6c54)c3c2)cc1. The summed E-state index contributed by atoms with van der Waals surface area (Å²) in [7, 11) is 0. The Balaban J connectivity index is 1.54. The van der Waals surface area contributed by atoms with Crippen molar-refractivity contribution in [1.82, 2.24) is 0 Å². The van der Waals surface area contributed by atoms with Crippen LogP contribution in [0.3, 0.4) is 0 Å². The van der Waals surface area contributed by atoms with Gasteiger partial charge in [0.2, 0.25) is 0 Å². The molecule has 0 fully saturated rings. The predicted octanol–water partition coefficient (Wildman–Crippen LogP) is 8.87. The first kappa shape index (κ1) is 17.6. The second-order valence-corrected chi connectivity index (χ2v) is 8.44. The molecule has 0 bridgehead atoms. The molecule has 0 unspecified atom stereocenters. The van der Waals surface area contributed by atoms with Crippen LogP contribution < -0.4 is 0 Å². The first-order chi connectivity index (χ1) is 15.8. The number of aryl methyl sites for hydroxylation is 1. The first-order valence-electron chi connectivity index (χ1n) is 11.1. The van der Waals surface area contributed by atoms with Crippen molar-refractivity contribution >= 4 is 54.6 Å². The highest BCUT2D eigenvalue weighted by Gasteiger charge is 2.17. The number of benzene rings is 5. The molecule has 0 saturated carbocycles. The normalized spacial score (nSPS) is 12.0. The van der Waals surface area contributed by atoms with E-state index >= 15 is 0 Å². The lowest BCUT2D eigenvalue weighted by Gasteiger charge is -2.03. The van der Waals surface area contributed by atoms with Gasteiger partial charge in [-0.3, -0.25) is 0 Å². The van der Waals surface area contributed by atoms with Crippen LogP contribution >= 0.6 is 0 Å². The van der Waals surface area contributed by atoms with E-state index in [1.54, 1.807) is 0 Å². The second kappa shape index (κ2) is 6.48. The average Bonchev–Trinajstić information content (AvgIpc) is 3.41. The van der Waals surface area contributed by atoms with Gasteiger partial charge in [-0.15, -0.1) is 0 Å². The molecule has 152 valence electrons. The fraction of sp³-hybridized carbons (Fsp3) is 0.0667. The van der Waals surface area contributed by atoms with E-state index in [9.17, 15) is 0 Å². The van der Waals surface area contributed by atoms with Gasteiger partial charge in [0.15, 0.2) is 0 Å². The smallest absolute Gasteiger partial charge is 0.147 e. The number of furan rings is 2. The third kappa shape index (κ3) is 2.41. The van der Waals surface area contributed by atoms with Crippen LogP contribution in [0, 0.1) is 0 Å². The third-order valence-electron chi connectivity index (χ3n) is 6.66. The molecule has 0 N–H and O–H groups in total. The predicted molar refractivity (Wildman–Crippen MR) is 133 cm³/mol. The maximum absolute atomic E-state index is 6.44. The van der Waals surface area contributed by atoms with Gasteiger partial charge < -0.3 is 8.83 Å². The minimum absolute atomic E-state index is 0.889. The molecule has 2 aromatic heterocycles. The lowest BCUT2D eigenvalue weighted by Crippen LogP contribution is -1.81. The van der Waals surface area contributed by atoms with Gasteiger partial charge in [0, 0.05) is 21.5 Å². The minimum Gasteiger partial charge on any atom is -0.455 e. The van der Waals surface area contributed by atoms with Crippen molar-refractivity contribution in [1.29, 1.82) is 0 Å². The molecule has 0 radical (unpaired) electrons. The van der Waals surface area contributed by atoms with E-state index in [0.717, 1.165) is 61.1 Å². The zero-order chi connectivity index (χ0) is 21.2. The Bertz CT molecular complexity index is 1800. The standard InChI is InChI=1S/C30H20O2/c1-2-18-7-9-19(10-8-18)21-13-16-27-25(17-21)24-15-12-20-11-14-23-22-5-3-4-6-26(22)31-29(23)28(20)30(24)32-27/h3-17H,2H2,1H3. The van der Waals surface area contributed by atoms with Crippen molar-refractivity contribution in [3.05, 3.63) is 96.6 Å². The average molecular weight is 412 g/mol. The number of para-hydroxylation sites is 1. The molecule has 0 spiro atoms. The fourth-order valence-electron chi connectivity index (χ4n) is 4.93. The third-order valence-corrected chi connectivity index (χ3v) is 6.66. The van der Waals surface area contributed by atoms with E-state index in [2.05, 4.69) is 85.8 Å². The van der Waals surface area contributed by atoms with Crippen molar-refractivity contribution in [2.24, 2.45) is 0 Å². The summed E-state index contributed by atoms with van der Waals surface area (Å²) in [6.45, 7) is 2.18. The van der Waals surface area contributed by atoms with Crippen molar-refractivity contribution < 1.29 is 8.83 Å². The lowest BCUT2D eigenvalue weighted by atomic mass is 9.99. The van der Waals surface area contributed by atoms with Gasteiger partial charge in [-0.05, 0) is 58.8 Å². The van der Waals surface area contributed by atoms with E-state index in [1.165, 1.54) is 16.7 Å². The molecule has 32 heavy (non-hydrogen) atoms. The Morgan fingerprint density at radius 2 is 1.22 bits per heavy atom. The Kier molecular flexibility index (Phi) is 3.57. The second-order valence-electron chi connectivity index (χ2n) is 8.44. The molecule has 0 aliphatic rings. The molecule has 2 heterocycles. The van der Waals surface area contributed by atoms with Crippen LogP contribution in [0.2, 0.25) is 0 Å². The zero-order valence-corrected chi connectivity index (χ0v) is 17.7. The van der Waals surface area contributed by atoms with Gasteiger partial charge in [0.1, 0.15) is 22.3 Å². The highest BCUT2D eigenvalue weighted by molar-refractivity contribution is 6.25. The summed E-state index contributed by atoms with van der Waals surface area (Å²) in [4.78, 5) is 0. The summed E-state index contributed by atoms with van der Waals surface area (Å²) in [5.74, 6) is 0. The van der Waals surface area contributed by atoms with E-state index in [4.69, 9.17) is 8.83 Å². The maximum Gasteiger partial charge on any atom is 0.147 e. The number of fused-ring (bicyclic) bond motifs is 9. The van der Waals surface area contributed by atoms with Crippen molar-refractivity contribution in [2.45, 2.75) is 13.3 Å². The molecule has 7 aromatic rings. The summed E-state index contributed by atoms with van der Waals surface area (Å²) in [5.41, 5.74) is 7.36. The van der Waals surface area contributed by atoms with Gasteiger partial charge in [-0.2, -0.15) is 0 Å². The number of hydrogen-bond acceptors (Lipinski definition) is 2. The van der Waals surface area contributed by atoms with Crippen LogP contribution in [0.25, 0.3) is 65.8 Å². The maximum atomic E-state index is 6.44. The van der Waals surface area contributed by atoms with Crippen molar-refractivity contribution in [3.8, 4) is 11.1 Å². The van der Waals surface area contributed by atoms with Crippen LogP contribution in [0.4, 0.5) is 0 Å². The van der Waals surface area contributed by atoms with E-state index in [0.29, 0.717) is 0 Å². The molecule has 2 heteroatoms. The van der Waals surface area contributed by atoms with E-state index in [-0.39, 0.29) is 0 Å². The monoisotopic (exact) mass is 412 g/mol. The Labute approximate surface area is 184 Å². The van der Waals surface area contributed by atoms with Crippen LogP contribution in [0.15, 0.2) is 99.8 Å². The summed E-state index contributed by atoms with van der Waals surface area (Å²) in [6.07, 6.45) is 1.05. The summed E-state index contributed by atoms with van der Waals surface area (Å²) >= 11 is 0. The van der Waals surface area contributed by atoms with Crippen molar-refractivity contribution in [3.63, 3.8) is 0 Å². The Hall–Kier alpha value is -4.04. The molecule has 7 rings (SSSR count). The topological polar surface area (TPSA) is 26.3 Å².